The van der Waals surface area contributed by atoms with E-state index in [-0.39, 0.29) is 17.9 Å². The second kappa shape index (κ2) is 5.92. The van der Waals surface area contributed by atoms with Crippen LogP contribution in [0.1, 0.15) is 17.3 Å². The number of ketones is 1. The topological polar surface area (TPSA) is 88.3 Å². The smallest absolute Gasteiger partial charge is 0.308 e. The van der Waals surface area contributed by atoms with Crippen LogP contribution >= 0.6 is 0 Å². The molecule has 0 aliphatic rings. The highest BCUT2D eigenvalue weighted by molar-refractivity contribution is 6.45. The lowest BCUT2D eigenvalue weighted by Crippen LogP contribution is -2.31. The molecule has 1 amide bonds. The van der Waals surface area contributed by atoms with Crippen LogP contribution in [-0.2, 0) is 9.59 Å². The van der Waals surface area contributed by atoms with Gasteiger partial charge in [0.2, 0.25) is 0 Å². The zero-order chi connectivity index (χ0) is 15.4. The van der Waals surface area contributed by atoms with E-state index >= 15 is 0 Å². The molecule has 0 saturated carbocycles. The van der Waals surface area contributed by atoms with Gasteiger partial charge >= 0.3 is 5.97 Å². The number of rotatable bonds is 4. The van der Waals surface area contributed by atoms with Gasteiger partial charge in [0.15, 0.2) is 0 Å². The largest absolute Gasteiger partial charge is 0.426 e. The quantitative estimate of drug-likeness (QED) is 0.288. The predicted octanol–water partition coefficient (Wildman–Crippen LogP) is 1.03. The summed E-state index contributed by atoms with van der Waals surface area (Å²) in [5.41, 5.74) is 0.707. The summed E-state index contributed by atoms with van der Waals surface area (Å²) >= 11 is 0. The molecular weight excluding hydrogens is 272 g/mol. The molecule has 2 rings (SSSR count). The number of fused-ring (bicyclic) bond motifs is 1. The molecule has 6 nitrogen and oxygen atoms in total. The van der Waals surface area contributed by atoms with Crippen LogP contribution in [0.25, 0.3) is 10.9 Å². The summed E-state index contributed by atoms with van der Waals surface area (Å²) in [5, 5.41) is 2.68. The molecule has 0 atom stereocenters. The number of Topliss-reactive ketones (excluding diaryl/α,β-unsaturated/α-hetero) is 1. The molecular formula is C15H12N2O4. The number of hydrogen-bond donors (Lipinski definition) is 2. The molecule has 0 spiro atoms. The number of aromatic amines is 1. The fourth-order valence-corrected chi connectivity index (χ4v) is 1.90. The van der Waals surface area contributed by atoms with Crippen LogP contribution < -0.4 is 10.1 Å². The number of aromatic nitrogens is 1. The molecule has 0 radical (unpaired) electrons. The van der Waals surface area contributed by atoms with Crippen molar-refractivity contribution in [3.05, 3.63) is 30.0 Å². The lowest BCUT2D eigenvalue weighted by molar-refractivity contribution is -0.131. The highest BCUT2D eigenvalue weighted by Crippen LogP contribution is 2.29. The minimum atomic E-state index is -0.813. The lowest BCUT2D eigenvalue weighted by Gasteiger charge is -2.05. The molecule has 1 aromatic carbocycles. The van der Waals surface area contributed by atoms with Crippen LogP contribution in [0.15, 0.2) is 24.4 Å². The molecule has 6 heteroatoms. The Bertz CT molecular complexity index is 768. The first-order valence-corrected chi connectivity index (χ1v) is 6.09. The van der Waals surface area contributed by atoms with E-state index in [1.54, 1.807) is 18.2 Å². The Morgan fingerprint density at radius 1 is 1.38 bits per heavy atom. The molecule has 0 saturated heterocycles. The monoisotopic (exact) mass is 284 g/mol. The van der Waals surface area contributed by atoms with Crippen molar-refractivity contribution in [3.63, 3.8) is 0 Å². The van der Waals surface area contributed by atoms with E-state index in [9.17, 15) is 14.4 Å². The summed E-state index contributed by atoms with van der Waals surface area (Å²) in [6, 6.07) is 4.93. The van der Waals surface area contributed by atoms with Crippen LogP contribution in [0.4, 0.5) is 0 Å². The van der Waals surface area contributed by atoms with Crippen molar-refractivity contribution in [3.8, 4) is 18.1 Å². The van der Waals surface area contributed by atoms with Crippen LogP contribution in [-0.4, -0.2) is 29.2 Å². The third-order valence-electron chi connectivity index (χ3n) is 2.72. The normalized spacial score (nSPS) is 9.90. The van der Waals surface area contributed by atoms with Crippen molar-refractivity contribution in [2.24, 2.45) is 0 Å². The summed E-state index contributed by atoms with van der Waals surface area (Å²) in [6.07, 6.45) is 6.42. The number of H-pyrrole nitrogens is 1. The summed E-state index contributed by atoms with van der Waals surface area (Å²) in [6.45, 7) is 1.22. The maximum Gasteiger partial charge on any atom is 0.308 e. The highest BCUT2D eigenvalue weighted by atomic mass is 16.5. The Morgan fingerprint density at radius 2 is 2.14 bits per heavy atom. The minimum absolute atomic E-state index is 0.0380. The number of benzene rings is 1. The Labute approximate surface area is 120 Å². The van der Waals surface area contributed by atoms with Crippen molar-refractivity contribution >= 4 is 28.6 Å². The Morgan fingerprint density at radius 3 is 2.81 bits per heavy atom. The first-order chi connectivity index (χ1) is 10.0. The van der Waals surface area contributed by atoms with E-state index in [4.69, 9.17) is 11.2 Å². The molecule has 21 heavy (non-hydrogen) atoms. The average molecular weight is 284 g/mol. The number of carbonyl (C=O) groups excluding carboxylic acids is 3. The van der Waals surface area contributed by atoms with Crippen LogP contribution in [0, 0.1) is 12.3 Å². The third kappa shape index (κ3) is 2.92. The molecule has 2 N–H and O–H groups in total. The first-order valence-electron chi connectivity index (χ1n) is 6.09. The Kier molecular flexibility index (Phi) is 4.05. The van der Waals surface area contributed by atoms with Crippen molar-refractivity contribution in [2.45, 2.75) is 6.92 Å². The lowest BCUT2D eigenvalue weighted by atomic mass is 10.1. The van der Waals surface area contributed by atoms with Crippen molar-refractivity contribution in [1.29, 1.82) is 0 Å². The van der Waals surface area contributed by atoms with Gasteiger partial charge in [-0.2, -0.15) is 0 Å². The van der Waals surface area contributed by atoms with E-state index in [1.807, 2.05) is 0 Å². The van der Waals surface area contributed by atoms with E-state index in [0.29, 0.717) is 10.9 Å². The van der Waals surface area contributed by atoms with Gasteiger partial charge in [-0.1, -0.05) is 12.0 Å². The van der Waals surface area contributed by atoms with E-state index < -0.39 is 17.7 Å². The van der Waals surface area contributed by atoms with Gasteiger partial charge in [0.25, 0.3) is 11.7 Å². The molecule has 0 unspecified atom stereocenters. The highest BCUT2D eigenvalue weighted by Gasteiger charge is 2.22. The SMILES string of the molecule is C#CCNC(=O)C(=O)c1c[nH]c2cccc(OC(C)=O)c12. The third-order valence-corrected chi connectivity index (χ3v) is 2.72. The van der Waals surface area contributed by atoms with Crippen molar-refractivity contribution < 1.29 is 19.1 Å². The number of carbonyl (C=O) groups is 3. The summed E-state index contributed by atoms with van der Waals surface area (Å²) in [7, 11) is 0. The van der Waals surface area contributed by atoms with Crippen LogP contribution in [0.3, 0.4) is 0 Å². The summed E-state index contributed by atoms with van der Waals surface area (Å²) in [4.78, 5) is 37.8. The van der Waals surface area contributed by atoms with Gasteiger partial charge in [0.1, 0.15) is 5.75 Å². The van der Waals surface area contributed by atoms with E-state index in [1.165, 1.54) is 13.1 Å². The minimum Gasteiger partial charge on any atom is -0.426 e. The second-order valence-electron chi connectivity index (χ2n) is 4.19. The molecule has 0 aliphatic carbocycles. The first kappa shape index (κ1) is 14.3. The summed E-state index contributed by atoms with van der Waals surface area (Å²) in [5.74, 6) is 0.347. The van der Waals surface area contributed by atoms with Crippen LogP contribution in [0.2, 0.25) is 0 Å². The van der Waals surface area contributed by atoms with Gasteiger partial charge in [0, 0.05) is 18.6 Å². The molecule has 1 heterocycles. The van der Waals surface area contributed by atoms with Crippen molar-refractivity contribution in [2.75, 3.05) is 6.54 Å². The molecule has 0 bridgehead atoms. The van der Waals surface area contributed by atoms with Gasteiger partial charge < -0.3 is 15.0 Å². The number of nitrogens with one attached hydrogen (secondary N) is 2. The standard InChI is InChI=1S/C15H12N2O4/c1-3-7-16-15(20)14(19)10-8-17-11-5-4-6-12(13(10)11)21-9(2)18/h1,4-6,8,17H,7H2,2H3,(H,16,20). The zero-order valence-corrected chi connectivity index (χ0v) is 11.2. The Hall–Kier alpha value is -3.07. The van der Waals surface area contributed by atoms with Gasteiger partial charge in [-0.3, -0.25) is 14.4 Å². The van der Waals surface area contributed by atoms with Gasteiger partial charge in [-0.05, 0) is 12.1 Å². The molecule has 0 fully saturated rings. The van der Waals surface area contributed by atoms with Gasteiger partial charge in [-0.15, -0.1) is 6.42 Å². The molecule has 1 aromatic heterocycles. The van der Waals surface area contributed by atoms with Crippen LogP contribution in [0.5, 0.6) is 5.75 Å². The number of terminal acetylenes is 1. The number of amides is 1. The second-order valence-corrected chi connectivity index (χ2v) is 4.19. The summed E-state index contributed by atoms with van der Waals surface area (Å²) < 4.78 is 5.06. The molecule has 0 aliphatic heterocycles. The number of hydrogen-bond acceptors (Lipinski definition) is 4. The zero-order valence-electron chi connectivity index (χ0n) is 11.2. The maximum atomic E-state index is 12.1. The number of ether oxygens (including phenoxy) is 1. The van der Waals surface area contributed by atoms with E-state index in [2.05, 4.69) is 16.2 Å². The maximum absolute atomic E-state index is 12.1. The predicted molar refractivity (Wildman–Crippen MR) is 75.8 cm³/mol. The van der Waals surface area contributed by atoms with Gasteiger partial charge in [-0.25, -0.2) is 0 Å². The fourth-order valence-electron chi connectivity index (χ4n) is 1.90. The fraction of sp³-hybridized carbons (Fsp3) is 0.133. The number of esters is 1. The molecule has 2 aromatic rings. The molecule has 106 valence electrons. The Balaban J connectivity index is 2.45. The van der Waals surface area contributed by atoms with E-state index in [0.717, 1.165) is 0 Å². The van der Waals surface area contributed by atoms with Gasteiger partial charge in [0.05, 0.1) is 17.5 Å². The average Bonchev–Trinajstić information content (AvgIpc) is 2.88. The van der Waals surface area contributed by atoms with Crippen molar-refractivity contribution in [1.82, 2.24) is 10.3 Å².